The first-order valence-corrected chi connectivity index (χ1v) is 5.53. The van der Waals surface area contributed by atoms with Crippen molar-refractivity contribution >= 4 is 0 Å². The Morgan fingerprint density at radius 3 is 1.86 bits per heavy atom. The van der Waals surface area contributed by atoms with Gasteiger partial charge in [0, 0.05) is 13.1 Å². The molecule has 0 aliphatic rings. The summed E-state index contributed by atoms with van der Waals surface area (Å²) in [5.41, 5.74) is 11.5. The smallest absolute Gasteiger partial charge is 0.0673 e. The van der Waals surface area contributed by atoms with Crippen LogP contribution in [0, 0.1) is 17.3 Å². The van der Waals surface area contributed by atoms with E-state index in [9.17, 15) is 0 Å². The van der Waals surface area contributed by atoms with E-state index in [1.54, 1.807) is 0 Å². The molecule has 86 valence electrons. The zero-order chi connectivity index (χ0) is 11.4. The minimum atomic E-state index is -0.0770. The lowest BCUT2D eigenvalue weighted by Crippen LogP contribution is -2.50. The average Bonchev–Trinajstić information content (AvgIpc) is 2.12. The van der Waals surface area contributed by atoms with Gasteiger partial charge in [0.25, 0.3) is 0 Å². The van der Waals surface area contributed by atoms with Gasteiger partial charge in [-0.2, -0.15) is 0 Å². The molecular formula is C11H27N3. The summed E-state index contributed by atoms with van der Waals surface area (Å²) in [6.07, 6.45) is -0.0770. The summed E-state index contributed by atoms with van der Waals surface area (Å²) in [5, 5.41) is 3.29. The lowest BCUT2D eigenvalue weighted by Gasteiger charge is -2.39. The van der Waals surface area contributed by atoms with E-state index in [-0.39, 0.29) is 11.6 Å². The van der Waals surface area contributed by atoms with Crippen molar-refractivity contribution in [3.8, 4) is 0 Å². The van der Waals surface area contributed by atoms with Gasteiger partial charge in [0.1, 0.15) is 0 Å². The van der Waals surface area contributed by atoms with Crippen LogP contribution in [0.1, 0.15) is 34.6 Å². The Balaban J connectivity index is 4.24. The Morgan fingerprint density at radius 2 is 1.57 bits per heavy atom. The van der Waals surface area contributed by atoms with Crippen LogP contribution in [0.4, 0.5) is 0 Å². The van der Waals surface area contributed by atoms with Gasteiger partial charge in [-0.05, 0) is 17.3 Å². The molecule has 0 bridgehead atoms. The number of hydrogen-bond donors (Lipinski definition) is 3. The lowest BCUT2D eigenvalue weighted by molar-refractivity contribution is 0.129. The summed E-state index contributed by atoms with van der Waals surface area (Å²) in [5.74, 6) is 1.28. The van der Waals surface area contributed by atoms with Crippen LogP contribution in [0.3, 0.4) is 0 Å². The fourth-order valence-electron chi connectivity index (χ4n) is 1.51. The maximum Gasteiger partial charge on any atom is 0.0673 e. The van der Waals surface area contributed by atoms with Gasteiger partial charge in [-0.1, -0.05) is 34.6 Å². The summed E-state index contributed by atoms with van der Waals surface area (Å²) in [6.45, 7) is 12.8. The van der Waals surface area contributed by atoms with Crippen LogP contribution in [0.2, 0.25) is 0 Å². The Kier molecular flexibility index (Phi) is 5.64. The molecular weight excluding hydrogens is 174 g/mol. The second kappa shape index (κ2) is 5.69. The van der Waals surface area contributed by atoms with Crippen molar-refractivity contribution in [2.24, 2.45) is 28.7 Å². The molecule has 0 aliphatic heterocycles. The molecule has 0 fully saturated rings. The molecule has 0 amide bonds. The summed E-state index contributed by atoms with van der Waals surface area (Å²) < 4.78 is 0. The summed E-state index contributed by atoms with van der Waals surface area (Å²) in [7, 11) is 0. The topological polar surface area (TPSA) is 64.1 Å². The van der Waals surface area contributed by atoms with Gasteiger partial charge in [-0.25, -0.2) is 0 Å². The third-order valence-corrected chi connectivity index (χ3v) is 3.64. The van der Waals surface area contributed by atoms with E-state index in [4.69, 9.17) is 11.5 Å². The Bertz CT molecular complexity index is 147. The highest BCUT2D eigenvalue weighted by Crippen LogP contribution is 2.34. The molecule has 0 aromatic carbocycles. The van der Waals surface area contributed by atoms with Crippen LogP contribution in [0.25, 0.3) is 0 Å². The second-order valence-corrected chi connectivity index (χ2v) is 5.04. The minimum Gasteiger partial charge on any atom is -0.328 e. The summed E-state index contributed by atoms with van der Waals surface area (Å²) >= 11 is 0. The zero-order valence-electron chi connectivity index (χ0n) is 10.3. The highest BCUT2D eigenvalue weighted by atomic mass is 15.0. The van der Waals surface area contributed by atoms with Crippen LogP contribution in [-0.4, -0.2) is 19.3 Å². The van der Waals surface area contributed by atoms with Gasteiger partial charge < -0.3 is 16.8 Å². The molecule has 0 aromatic rings. The molecule has 3 nitrogen and oxygen atoms in total. The van der Waals surface area contributed by atoms with E-state index in [1.807, 2.05) is 0 Å². The number of nitrogens with two attached hydrogens (primary N) is 2. The van der Waals surface area contributed by atoms with Crippen LogP contribution in [0.15, 0.2) is 0 Å². The molecule has 14 heavy (non-hydrogen) atoms. The molecule has 1 unspecified atom stereocenters. The molecule has 0 saturated heterocycles. The molecule has 3 heteroatoms. The fourth-order valence-corrected chi connectivity index (χ4v) is 1.51. The van der Waals surface area contributed by atoms with Gasteiger partial charge in [0.2, 0.25) is 0 Å². The van der Waals surface area contributed by atoms with E-state index in [2.05, 4.69) is 39.9 Å². The van der Waals surface area contributed by atoms with Crippen molar-refractivity contribution in [1.82, 2.24) is 5.32 Å². The van der Waals surface area contributed by atoms with Crippen LogP contribution in [0.5, 0.6) is 0 Å². The van der Waals surface area contributed by atoms with E-state index in [0.717, 1.165) is 6.54 Å². The molecule has 1 atom stereocenters. The van der Waals surface area contributed by atoms with Gasteiger partial charge in [0.05, 0.1) is 6.17 Å². The number of nitrogens with one attached hydrogen (secondary N) is 1. The predicted molar refractivity (Wildman–Crippen MR) is 62.8 cm³/mol. The molecule has 0 saturated carbocycles. The van der Waals surface area contributed by atoms with Crippen LogP contribution in [-0.2, 0) is 0 Å². The predicted octanol–water partition coefficient (Wildman–Crippen LogP) is 1.14. The first-order chi connectivity index (χ1) is 6.34. The molecule has 0 aromatic heterocycles. The quantitative estimate of drug-likeness (QED) is 0.565. The summed E-state index contributed by atoms with van der Waals surface area (Å²) in [6, 6.07) is 0. The third kappa shape index (κ3) is 3.56. The molecule has 0 aliphatic carbocycles. The first-order valence-electron chi connectivity index (χ1n) is 5.53. The maximum atomic E-state index is 5.74. The Labute approximate surface area is 88.6 Å². The van der Waals surface area contributed by atoms with Crippen molar-refractivity contribution in [3.05, 3.63) is 0 Å². The molecule has 5 N–H and O–H groups in total. The number of rotatable bonds is 6. The zero-order valence-corrected chi connectivity index (χ0v) is 10.3. The Hall–Kier alpha value is -0.120. The SMILES string of the molecule is CC(C)C(C)(CNC(N)CN)C(C)C. The average molecular weight is 201 g/mol. The van der Waals surface area contributed by atoms with Crippen LogP contribution >= 0.6 is 0 Å². The molecule has 0 rings (SSSR count). The lowest BCUT2D eigenvalue weighted by atomic mass is 9.70. The van der Waals surface area contributed by atoms with Gasteiger partial charge in [0.15, 0.2) is 0 Å². The van der Waals surface area contributed by atoms with Crippen molar-refractivity contribution in [1.29, 1.82) is 0 Å². The van der Waals surface area contributed by atoms with Crippen molar-refractivity contribution in [3.63, 3.8) is 0 Å². The van der Waals surface area contributed by atoms with E-state index in [1.165, 1.54) is 0 Å². The molecule has 0 spiro atoms. The summed E-state index contributed by atoms with van der Waals surface area (Å²) in [4.78, 5) is 0. The van der Waals surface area contributed by atoms with Crippen molar-refractivity contribution in [2.45, 2.75) is 40.8 Å². The molecule has 0 heterocycles. The number of hydrogen-bond acceptors (Lipinski definition) is 3. The Morgan fingerprint density at radius 1 is 1.14 bits per heavy atom. The highest BCUT2D eigenvalue weighted by Gasteiger charge is 2.31. The monoisotopic (exact) mass is 201 g/mol. The largest absolute Gasteiger partial charge is 0.328 e. The van der Waals surface area contributed by atoms with Crippen molar-refractivity contribution in [2.75, 3.05) is 13.1 Å². The first kappa shape index (κ1) is 13.9. The van der Waals surface area contributed by atoms with Crippen molar-refractivity contribution < 1.29 is 0 Å². The van der Waals surface area contributed by atoms with E-state index < -0.39 is 0 Å². The second-order valence-electron chi connectivity index (χ2n) is 5.04. The standard InChI is InChI=1S/C11H27N3/c1-8(2)11(5,9(3)4)7-14-10(13)6-12/h8-10,14H,6-7,12-13H2,1-5H3. The van der Waals surface area contributed by atoms with Gasteiger partial charge in [-0.15, -0.1) is 0 Å². The third-order valence-electron chi connectivity index (χ3n) is 3.64. The fraction of sp³-hybridized carbons (Fsp3) is 1.00. The van der Waals surface area contributed by atoms with Gasteiger partial charge >= 0.3 is 0 Å². The maximum absolute atomic E-state index is 5.74. The normalized spacial score (nSPS) is 15.2. The van der Waals surface area contributed by atoms with Gasteiger partial charge in [-0.3, -0.25) is 0 Å². The van der Waals surface area contributed by atoms with E-state index >= 15 is 0 Å². The van der Waals surface area contributed by atoms with Crippen LogP contribution < -0.4 is 16.8 Å². The minimum absolute atomic E-state index is 0.0770. The molecule has 0 radical (unpaired) electrons. The van der Waals surface area contributed by atoms with E-state index in [0.29, 0.717) is 18.4 Å². The highest BCUT2D eigenvalue weighted by molar-refractivity contribution is 4.84.